The number of rotatable bonds is 8. The summed E-state index contributed by atoms with van der Waals surface area (Å²) in [6.07, 6.45) is 0.197. The zero-order valence-electron chi connectivity index (χ0n) is 16.1. The van der Waals surface area contributed by atoms with E-state index in [-0.39, 0.29) is 24.0 Å². The molecule has 0 aliphatic rings. The Hall–Kier alpha value is -2.84. The van der Waals surface area contributed by atoms with Gasteiger partial charge in [-0.25, -0.2) is 4.98 Å². The van der Waals surface area contributed by atoms with Crippen LogP contribution in [0.25, 0.3) is 0 Å². The molecule has 0 aliphatic carbocycles. The van der Waals surface area contributed by atoms with Crippen LogP contribution < -0.4 is 15.4 Å². The highest BCUT2D eigenvalue weighted by Crippen LogP contribution is 2.23. The number of ether oxygens (including phenoxy) is 1. The third-order valence-corrected chi connectivity index (χ3v) is 5.94. The highest BCUT2D eigenvalue weighted by molar-refractivity contribution is 8.01. The molecule has 8 heteroatoms. The summed E-state index contributed by atoms with van der Waals surface area (Å²) in [4.78, 5) is 28.7. The number of amides is 2. The van der Waals surface area contributed by atoms with Crippen molar-refractivity contribution < 1.29 is 14.3 Å². The van der Waals surface area contributed by atoms with Crippen molar-refractivity contribution in [3.05, 3.63) is 65.2 Å². The molecular weight excluding hydrogens is 406 g/mol. The third-order valence-electron chi connectivity index (χ3n) is 3.87. The Morgan fingerprint density at radius 3 is 2.55 bits per heavy atom. The minimum absolute atomic E-state index is 0.116. The third kappa shape index (κ3) is 6.62. The molecule has 0 aliphatic heterocycles. The molecule has 0 radical (unpaired) electrons. The number of anilines is 2. The normalized spacial score (nSPS) is 10.4. The SMILES string of the molecule is COc1ccc(NC(=O)CSc2nc(CC(=O)Nc3cccc(C)c3)cs2)cc1. The van der Waals surface area contributed by atoms with Gasteiger partial charge in [0.05, 0.1) is 25.0 Å². The molecule has 0 atom stereocenters. The molecule has 0 bridgehead atoms. The number of methoxy groups -OCH3 is 1. The first-order valence-corrected chi connectivity index (χ1v) is 10.8. The second-order valence-corrected chi connectivity index (χ2v) is 8.35. The number of hydrogen-bond acceptors (Lipinski definition) is 6. The molecule has 2 amide bonds. The van der Waals surface area contributed by atoms with Crippen LogP contribution >= 0.6 is 23.1 Å². The monoisotopic (exact) mass is 427 g/mol. The second kappa shape index (κ2) is 10.1. The lowest BCUT2D eigenvalue weighted by atomic mass is 10.2. The van der Waals surface area contributed by atoms with Crippen LogP contribution in [0.4, 0.5) is 11.4 Å². The predicted octanol–water partition coefficient (Wildman–Crippen LogP) is 4.37. The molecule has 29 heavy (non-hydrogen) atoms. The van der Waals surface area contributed by atoms with Crippen molar-refractivity contribution >= 4 is 46.3 Å². The molecule has 2 aromatic carbocycles. The molecule has 2 N–H and O–H groups in total. The van der Waals surface area contributed by atoms with Gasteiger partial charge in [0.25, 0.3) is 0 Å². The number of aryl methyl sites for hydroxylation is 1. The van der Waals surface area contributed by atoms with E-state index in [0.717, 1.165) is 21.3 Å². The average Bonchev–Trinajstić information content (AvgIpc) is 3.14. The van der Waals surface area contributed by atoms with Gasteiger partial charge in [0.1, 0.15) is 5.75 Å². The van der Waals surface area contributed by atoms with E-state index in [9.17, 15) is 9.59 Å². The number of thioether (sulfide) groups is 1. The summed E-state index contributed by atoms with van der Waals surface area (Å²) in [6.45, 7) is 1.98. The van der Waals surface area contributed by atoms with Crippen LogP contribution in [0, 0.1) is 6.92 Å². The Balaban J connectivity index is 1.45. The van der Waals surface area contributed by atoms with Crippen LogP contribution in [0.2, 0.25) is 0 Å². The molecule has 1 heterocycles. The molecule has 1 aromatic heterocycles. The number of aromatic nitrogens is 1. The molecule has 3 aromatic rings. The van der Waals surface area contributed by atoms with Crippen LogP contribution in [0.15, 0.2) is 58.3 Å². The maximum absolute atomic E-state index is 12.2. The average molecular weight is 428 g/mol. The van der Waals surface area contributed by atoms with E-state index in [0.29, 0.717) is 11.4 Å². The Morgan fingerprint density at radius 1 is 1.07 bits per heavy atom. The highest BCUT2D eigenvalue weighted by atomic mass is 32.2. The van der Waals surface area contributed by atoms with E-state index < -0.39 is 0 Å². The van der Waals surface area contributed by atoms with Crippen molar-refractivity contribution in [3.63, 3.8) is 0 Å². The second-order valence-electron chi connectivity index (χ2n) is 6.26. The molecule has 0 fully saturated rings. The van der Waals surface area contributed by atoms with Crippen molar-refractivity contribution in [2.75, 3.05) is 23.5 Å². The Kier molecular flexibility index (Phi) is 7.26. The standard InChI is InChI=1S/C21H21N3O3S2/c1-14-4-3-5-16(10-14)23-19(25)11-17-12-28-21(24-17)29-13-20(26)22-15-6-8-18(27-2)9-7-15/h3-10,12H,11,13H2,1-2H3,(H,22,26)(H,23,25). The molecular formula is C21H21N3O3S2. The van der Waals surface area contributed by atoms with Gasteiger partial charge in [-0.1, -0.05) is 23.9 Å². The topological polar surface area (TPSA) is 80.3 Å². The lowest BCUT2D eigenvalue weighted by molar-refractivity contribution is -0.116. The van der Waals surface area contributed by atoms with Gasteiger partial charge in [-0.15, -0.1) is 11.3 Å². The van der Waals surface area contributed by atoms with E-state index in [1.54, 1.807) is 31.4 Å². The first-order chi connectivity index (χ1) is 14.0. The fourth-order valence-electron chi connectivity index (χ4n) is 2.53. The van der Waals surface area contributed by atoms with Crippen molar-refractivity contribution in [3.8, 4) is 5.75 Å². The number of nitrogens with zero attached hydrogens (tertiary/aromatic N) is 1. The summed E-state index contributed by atoms with van der Waals surface area (Å²) < 4.78 is 5.85. The van der Waals surface area contributed by atoms with Crippen molar-refractivity contribution in [1.29, 1.82) is 0 Å². The Morgan fingerprint density at radius 2 is 1.83 bits per heavy atom. The Labute approximate surface area is 177 Å². The van der Waals surface area contributed by atoms with Gasteiger partial charge in [-0.05, 0) is 48.9 Å². The number of carbonyl (C=O) groups excluding carboxylic acids is 2. The maximum Gasteiger partial charge on any atom is 0.234 e. The van der Waals surface area contributed by atoms with E-state index in [1.807, 2.05) is 36.6 Å². The smallest absolute Gasteiger partial charge is 0.234 e. The van der Waals surface area contributed by atoms with E-state index in [4.69, 9.17) is 4.74 Å². The highest BCUT2D eigenvalue weighted by Gasteiger charge is 2.11. The van der Waals surface area contributed by atoms with E-state index in [1.165, 1.54) is 23.1 Å². The number of carbonyl (C=O) groups is 2. The van der Waals surface area contributed by atoms with Gasteiger partial charge in [0, 0.05) is 16.8 Å². The number of thiazole rings is 1. The van der Waals surface area contributed by atoms with Crippen LogP contribution in [0.1, 0.15) is 11.3 Å². The Bertz CT molecular complexity index is 987. The number of benzene rings is 2. The van der Waals surface area contributed by atoms with E-state index >= 15 is 0 Å². The first-order valence-electron chi connectivity index (χ1n) is 8.89. The van der Waals surface area contributed by atoms with Crippen LogP contribution in [0.5, 0.6) is 5.75 Å². The van der Waals surface area contributed by atoms with Crippen LogP contribution in [0.3, 0.4) is 0 Å². The number of hydrogen-bond donors (Lipinski definition) is 2. The summed E-state index contributed by atoms with van der Waals surface area (Å²) in [7, 11) is 1.60. The number of nitrogens with one attached hydrogen (secondary N) is 2. The summed E-state index contributed by atoms with van der Waals surface area (Å²) >= 11 is 2.78. The van der Waals surface area contributed by atoms with Crippen LogP contribution in [-0.4, -0.2) is 29.7 Å². The summed E-state index contributed by atoms with van der Waals surface area (Å²) in [6, 6.07) is 14.8. The molecule has 0 spiro atoms. The molecule has 3 rings (SSSR count). The van der Waals surface area contributed by atoms with Crippen molar-refractivity contribution in [1.82, 2.24) is 4.98 Å². The first kappa shape index (κ1) is 20.9. The molecule has 0 saturated heterocycles. The van der Waals surface area contributed by atoms with Crippen LogP contribution in [-0.2, 0) is 16.0 Å². The van der Waals surface area contributed by atoms with Crippen molar-refractivity contribution in [2.24, 2.45) is 0 Å². The predicted molar refractivity (Wildman–Crippen MR) is 118 cm³/mol. The van der Waals surface area contributed by atoms with Gasteiger partial charge >= 0.3 is 0 Å². The van der Waals surface area contributed by atoms with E-state index in [2.05, 4.69) is 15.6 Å². The van der Waals surface area contributed by atoms with Gasteiger partial charge in [0.2, 0.25) is 11.8 Å². The summed E-state index contributed by atoms with van der Waals surface area (Å²) in [5.41, 5.74) is 3.26. The minimum atomic E-state index is -0.117. The van der Waals surface area contributed by atoms with Gasteiger partial charge in [0.15, 0.2) is 4.34 Å². The lowest BCUT2D eigenvalue weighted by Gasteiger charge is -2.05. The largest absolute Gasteiger partial charge is 0.497 e. The summed E-state index contributed by atoms with van der Waals surface area (Å²) in [5.74, 6) is 0.747. The molecule has 150 valence electrons. The fraction of sp³-hybridized carbons (Fsp3) is 0.190. The van der Waals surface area contributed by atoms with Gasteiger partial charge in [-0.3, -0.25) is 9.59 Å². The van der Waals surface area contributed by atoms with Gasteiger partial charge in [-0.2, -0.15) is 0 Å². The molecule has 0 saturated carbocycles. The zero-order chi connectivity index (χ0) is 20.6. The van der Waals surface area contributed by atoms with Gasteiger partial charge < -0.3 is 15.4 Å². The lowest BCUT2D eigenvalue weighted by Crippen LogP contribution is -2.15. The fourth-order valence-corrected chi connectivity index (χ4v) is 4.17. The molecule has 6 nitrogen and oxygen atoms in total. The zero-order valence-corrected chi connectivity index (χ0v) is 17.7. The molecule has 0 unspecified atom stereocenters. The summed E-state index contributed by atoms with van der Waals surface area (Å²) in [5, 5.41) is 7.55. The van der Waals surface area contributed by atoms with Crippen molar-refractivity contribution in [2.45, 2.75) is 17.7 Å². The maximum atomic E-state index is 12.2. The minimum Gasteiger partial charge on any atom is -0.497 e. The quantitative estimate of drug-likeness (QED) is 0.522.